The first-order chi connectivity index (χ1) is 8.95. The van der Waals surface area contributed by atoms with Gasteiger partial charge in [0.1, 0.15) is 5.75 Å². The van der Waals surface area contributed by atoms with E-state index in [2.05, 4.69) is 19.1 Å². The first-order valence-electron chi connectivity index (χ1n) is 6.76. The van der Waals surface area contributed by atoms with E-state index in [0.717, 1.165) is 18.6 Å². The Labute approximate surface area is 115 Å². The van der Waals surface area contributed by atoms with Crippen LogP contribution in [0.5, 0.6) is 5.75 Å². The summed E-state index contributed by atoms with van der Waals surface area (Å²) < 4.78 is 5.61. The van der Waals surface area contributed by atoms with Gasteiger partial charge in [0, 0.05) is 0 Å². The van der Waals surface area contributed by atoms with Gasteiger partial charge in [0.2, 0.25) is 5.91 Å². The molecule has 0 spiro atoms. The summed E-state index contributed by atoms with van der Waals surface area (Å²) in [6.07, 6.45) is 3.45. The van der Waals surface area contributed by atoms with Gasteiger partial charge in [0.15, 0.2) is 0 Å². The number of rotatable bonds is 8. The van der Waals surface area contributed by atoms with Gasteiger partial charge in [-0.15, -0.1) is 0 Å². The number of nitrogens with two attached hydrogens (primary N) is 2. The molecule has 106 valence electrons. The highest BCUT2D eigenvalue weighted by molar-refractivity contribution is 5.83. The highest BCUT2D eigenvalue weighted by atomic mass is 16.5. The third-order valence-corrected chi connectivity index (χ3v) is 3.13. The van der Waals surface area contributed by atoms with E-state index in [4.69, 9.17) is 16.2 Å². The van der Waals surface area contributed by atoms with Crippen LogP contribution in [0, 0.1) is 0 Å². The van der Waals surface area contributed by atoms with Gasteiger partial charge >= 0.3 is 0 Å². The third kappa shape index (κ3) is 5.30. The minimum absolute atomic E-state index is 0.476. The van der Waals surface area contributed by atoms with Crippen LogP contribution in [0.1, 0.15) is 38.7 Å². The zero-order valence-electron chi connectivity index (χ0n) is 11.8. The number of hydrogen-bond donors (Lipinski definition) is 2. The largest absolute Gasteiger partial charge is 0.494 e. The lowest BCUT2D eigenvalue weighted by Gasteiger charge is -2.20. The number of amides is 1. The number of hydrogen-bond acceptors (Lipinski definition) is 3. The molecular formula is C15H24N2O2. The average molecular weight is 264 g/mol. The van der Waals surface area contributed by atoms with Crippen molar-refractivity contribution in [3.05, 3.63) is 29.8 Å². The molecule has 0 fully saturated rings. The zero-order valence-corrected chi connectivity index (χ0v) is 11.8. The van der Waals surface area contributed by atoms with Crippen molar-refractivity contribution in [2.45, 2.75) is 45.1 Å². The molecule has 1 atom stereocenters. The molecule has 0 saturated carbocycles. The minimum atomic E-state index is -0.950. The molecule has 0 saturated heterocycles. The lowest BCUT2D eigenvalue weighted by molar-refractivity contribution is -0.122. The van der Waals surface area contributed by atoms with Crippen LogP contribution >= 0.6 is 0 Å². The standard InChI is InChI=1S/C15H24N2O2/c1-3-5-12-6-8-13(9-7-12)19-11-4-10-15(2,17)14(16)18/h6-9H,3-5,10-11,17H2,1-2H3,(H2,16,18). The smallest absolute Gasteiger partial charge is 0.237 e. The minimum Gasteiger partial charge on any atom is -0.494 e. The number of benzene rings is 1. The van der Waals surface area contributed by atoms with Crippen LogP contribution in [0.3, 0.4) is 0 Å². The van der Waals surface area contributed by atoms with Crippen LogP contribution in [0.2, 0.25) is 0 Å². The molecule has 4 heteroatoms. The van der Waals surface area contributed by atoms with Gasteiger partial charge in [-0.05, 0) is 43.9 Å². The first-order valence-corrected chi connectivity index (χ1v) is 6.76. The molecule has 0 radical (unpaired) electrons. The van der Waals surface area contributed by atoms with Crippen molar-refractivity contribution >= 4 is 5.91 Å². The molecular weight excluding hydrogens is 240 g/mol. The van der Waals surface area contributed by atoms with Gasteiger partial charge in [0.25, 0.3) is 0 Å². The van der Waals surface area contributed by atoms with Crippen molar-refractivity contribution in [2.24, 2.45) is 11.5 Å². The zero-order chi connectivity index (χ0) is 14.3. The first kappa shape index (κ1) is 15.5. The number of carbonyl (C=O) groups excluding carboxylic acids is 1. The number of carbonyl (C=O) groups is 1. The van der Waals surface area contributed by atoms with Crippen LogP contribution in [0.25, 0.3) is 0 Å². The molecule has 4 N–H and O–H groups in total. The lowest BCUT2D eigenvalue weighted by atomic mass is 9.97. The summed E-state index contributed by atoms with van der Waals surface area (Å²) in [6.45, 7) is 4.34. The molecule has 0 aliphatic rings. The second-order valence-electron chi connectivity index (χ2n) is 5.13. The molecule has 1 unspecified atom stereocenters. The van der Waals surface area contributed by atoms with Gasteiger partial charge in [-0.1, -0.05) is 25.5 Å². The second-order valence-corrected chi connectivity index (χ2v) is 5.13. The van der Waals surface area contributed by atoms with E-state index >= 15 is 0 Å². The van der Waals surface area contributed by atoms with Gasteiger partial charge in [-0.2, -0.15) is 0 Å². The van der Waals surface area contributed by atoms with E-state index in [9.17, 15) is 4.79 Å². The summed E-state index contributed by atoms with van der Waals surface area (Å²) in [5, 5.41) is 0. The molecule has 1 amide bonds. The Hall–Kier alpha value is -1.55. The van der Waals surface area contributed by atoms with Crippen molar-refractivity contribution in [2.75, 3.05) is 6.61 Å². The molecule has 1 aromatic carbocycles. The van der Waals surface area contributed by atoms with Crippen molar-refractivity contribution in [1.29, 1.82) is 0 Å². The highest BCUT2D eigenvalue weighted by Crippen LogP contribution is 2.15. The summed E-state index contributed by atoms with van der Waals surface area (Å²) in [5.74, 6) is 0.370. The predicted molar refractivity (Wildman–Crippen MR) is 77.0 cm³/mol. The van der Waals surface area contributed by atoms with Gasteiger partial charge < -0.3 is 16.2 Å². The Morgan fingerprint density at radius 3 is 2.47 bits per heavy atom. The fraction of sp³-hybridized carbons (Fsp3) is 0.533. The average Bonchev–Trinajstić information content (AvgIpc) is 2.37. The van der Waals surface area contributed by atoms with Crippen molar-refractivity contribution in [3.63, 3.8) is 0 Å². The van der Waals surface area contributed by atoms with E-state index in [0.29, 0.717) is 19.4 Å². The van der Waals surface area contributed by atoms with Crippen LogP contribution < -0.4 is 16.2 Å². The van der Waals surface area contributed by atoms with E-state index < -0.39 is 11.4 Å². The van der Waals surface area contributed by atoms with Crippen LogP contribution in [-0.4, -0.2) is 18.1 Å². The summed E-state index contributed by atoms with van der Waals surface area (Å²) in [5.41, 5.74) is 11.3. The maximum Gasteiger partial charge on any atom is 0.237 e. The SMILES string of the molecule is CCCc1ccc(OCCCC(C)(N)C(N)=O)cc1. The van der Waals surface area contributed by atoms with Gasteiger partial charge in [0.05, 0.1) is 12.1 Å². The Morgan fingerprint density at radius 2 is 1.95 bits per heavy atom. The topological polar surface area (TPSA) is 78.3 Å². The third-order valence-electron chi connectivity index (χ3n) is 3.13. The Bertz CT molecular complexity index is 399. The molecule has 1 rings (SSSR count). The van der Waals surface area contributed by atoms with E-state index in [-0.39, 0.29) is 0 Å². The van der Waals surface area contributed by atoms with Gasteiger partial charge in [-0.3, -0.25) is 4.79 Å². The molecule has 0 aliphatic carbocycles. The quantitative estimate of drug-likeness (QED) is 0.705. The number of primary amides is 1. The molecule has 4 nitrogen and oxygen atoms in total. The van der Waals surface area contributed by atoms with E-state index in [1.165, 1.54) is 5.56 Å². The fourth-order valence-corrected chi connectivity index (χ4v) is 1.79. The van der Waals surface area contributed by atoms with Crippen LogP contribution in [-0.2, 0) is 11.2 Å². The summed E-state index contributed by atoms with van der Waals surface area (Å²) >= 11 is 0. The second kappa shape index (κ2) is 7.14. The monoisotopic (exact) mass is 264 g/mol. The van der Waals surface area contributed by atoms with Crippen LogP contribution in [0.15, 0.2) is 24.3 Å². The van der Waals surface area contributed by atoms with Crippen molar-refractivity contribution in [1.82, 2.24) is 0 Å². The summed E-state index contributed by atoms with van der Waals surface area (Å²) in [6, 6.07) is 8.10. The fourth-order valence-electron chi connectivity index (χ4n) is 1.79. The lowest BCUT2D eigenvalue weighted by Crippen LogP contribution is -2.49. The molecule has 0 aromatic heterocycles. The molecule has 0 heterocycles. The molecule has 0 bridgehead atoms. The van der Waals surface area contributed by atoms with Gasteiger partial charge in [-0.25, -0.2) is 0 Å². The van der Waals surface area contributed by atoms with E-state index in [1.54, 1.807) is 6.92 Å². The number of ether oxygens (including phenoxy) is 1. The van der Waals surface area contributed by atoms with E-state index in [1.807, 2.05) is 12.1 Å². The highest BCUT2D eigenvalue weighted by Gasteiger charge is 2.24. The number of aryl methyl sites for hydroxylation is 1. The Kier molecular flexibility index (Phi) is 5.83. The van der Waals surface area contributed by atoms with Crippen molar-refractivity contribution in [3.8, 4) is 5.75 Å². The Balaban J connectivity index is 2.31. The molecule has 1 aromatic rings. The summed E-state index contributed by atoms with van der Waals surface area (Å²) in [4.78, 5) is 11.0. The molecule has 0 aliphatic heterocycles. The Morgan fingerprint density at radius 1 is 1.32 bits per heavy atom. The normalized spacial score (nSPS) is 13.8. The van der Waals surface area contributed by atoms with Crippen LogP contribution in [0.4, 0.5) is 0 Å². The predicted octanol–water partition coefficient (Wildman–Crippen LogP) is 2.00. The summed E-state index contributed by atoms with van der Waals surface area (Å²) in [7, 11) is 0. The molecule has 19 heavy (non-hydrogen) atoms. The maximum absolute atomic E-state index is 11.0. The maximum atomic E-state index is 11.0. The van der Waals surface area contributed by atoms with Crippen molar-refractivity contribution < 1.29 is 9.53 Å².